The number of sulfonamides is 1. The van der Waals surface area contributed by atoms with Crippen molar-refractivity contribution in [1.29, 1.82) is 0 Å². The van der Waals surface area contributed by atoms with Crippen molar-refractivity contribution in [2.75, 3.05) is 6.54 Å². The molecule has 1 aliphatic heterocycles. The van der Waals surface area contributed by atoms with Crippen LogP contribution in [0.25, 0.3) is 0 Å². The maximum atomic E-state index is 14.0. The standard InChI is InChI=1S/C33H35Cl2N3O5S/c34-27-18-17-24(20-28(27)35)22-37(29(21-23-10-3-1-4-11-23)32(40)36-25-12-5-2-6-13-25)31(39)16-9-19-38-33(41)26-14-7-8-15-30(26)44(38,42)43/h1,3-4,7-8,10-11,14-15,17-18,20,25,29H,2,5-6,9,12-13,16,19,21-22H2,(H,36,40). The van der Waals surface area contributed by atoms with Crippen LogP contribution in [0.5, 0.6) is 0 Å². The number of halogens is 2. The van der Waals surface area contributed by atoms with Crippen LogP contribution in [0.2, 0.25) is 10.0 Å². The second-order valence-corrected chi connectivity index (χ2v) is 13.9. The van der Waals surface area contributed by atoms with Gasteiger partial charge in [-0.2, -0.15) is 0 Å². The molecule has 0 spiro atoms. The van der Waals surface area contributed by atoms with Gasteiger partial charge in [-0.1, -0.05) is 91.0 Å². The first kappa shape index (κ1) is 32.0. The highest BCUT2D eigenvalue weighted by Crippen LogP contribution is 2.30. The first-order valence-corrected chi connectivity index (χ1v) is 17.1. The molecule has 0 radical (unpaired) electrons. The van der Waals surface area contributed by atoms with Gasteiger partial charge in [0.15, 0.2) is 0 Å². The van der Waals surface area contributed by atoms with Crippen molar-refractivity contribution in [3.63, 3.8) is 0 Å². The zero-order chi connectivity index (χ0) is 31.3. The number of carbonyl (C=O) groups excluding carboxylic acids is 3. The second kappa shape index (κ2) is 14.1. The van der Waals surface area contributed by atoms with E-state index in [9.17, 15) is 22.8 Å². The predicted molar refractivity (Wildman–Crippen MR) is 170 cm³/mol. The first-order chi connectivity index (χ1) is 21.1. The number of hydrogen-bond donors (Lipinski definition) is 1. The van der Waals surface area contributed by atoms with Gasteiger partial charge in [-0.3, -0.25) is 14.4 Å². The fraction of sp³-hybridized carbons (Fsp3) is 0.364. The Kier molecular flexibility index (Phi) is 10.3. The second-order valence-electron chi connectivity index (χ2n) is 11.3. The first-order valence-electron chi connectivity index (χ1n) is 14.9. The van der Waals surface area contributed by atoms with Gasteiger partial charge in [0.1, 0.15) is 10.9 Å². The molecule has 0 saturated heterocycles. The van der Waals surface area contributed by atoms with Gasteiger partial charge in [-0.15, -0.1) is 0 Å². The van der Waals surface area contributed by atoms with Crippen LogP contribution in [-0.2, 0) is 32.6 Å². The summed E-state index contributed by atoms with van der Waals surface area (Å²) >= 11 is 12.5. The van der Waals surface area contributed by atoms with Crippen molar-refractivity contribution in [2.45, 2.75) is 74.9 Å². The molecule has 1 N–H and O–H groups in total. The number of nitrogens with zero attached hydrogens (tertiary/aromatic N) is 2. The highest BCUT2D eigenvalue weighted by Gasteiger charge is 2.40. The van der Waals surface area contributed by atoms with Crippen molar-refractivity contribution >= 4 is 50.9 Å². The third-order valence-electron chi connectivity index (χ3n) is 8.22. The molecule has 0 bridgehead atoms. The molecule has 232 valence electrons. The zero-order valence-electron chi connectivity index (χ0n) is 24.3. The van der Waals surface area contributed by atoms with E-state index in [1.807, 2.05) is 30.3 Å². The van der Waals surface area contributed by atoms with Crippen LogP contribution in [0.4, 0.5) is 0 Å². The fourth-order valence-electron chi connectivity index (χ4n) is 5.90. The van der Waals surface area contributed by atoms with Crippen LogP contribution in [-0.4, -0.2) is 54.0 Å². The van der Waals surface area contributed by atoms with Gasteiger partial charge in [0.05, 0.1) is 15.6 Å². The molecule has 3 aromatic rings. The molecule has 44 heavy (non-hydrogen) atoms. The third kappa shape index (κ3) is 7.28. The van der Waals surface area contributed by atoms with Gasteiger partial charge in [-0.25, -0.2) is 12.7 Å². The average molecular weight is 657 g/mol. The van der Waals surface area contributed by atoms with E-state index in [0.717, 1.165) is 42.0 Å². The van der Waals surface area contributed by atoms with E-state index < -0.39 is 22.0 Å². The molecule has 1 atom stereocenters. The number of nitrogens with one attached hydrogen (secondary N) is 1. The molecule has 1 saturated carbocycles. The van der Waals surface area contributed by atoms with E-state index in [-0.39, 0.29) is 54.2 Å². The van der Waals surface area contributed by atoms with Crippen LogP contribution in [0.15, 0.2) is 77.7 Å². The topological polar surface area (TPSA) is 104 Å². The molecule has 0 aromatic heterocycles. The van der Waals surface area contributed by atoms with Crippen molar-refractivity contribution < 1.29 is 22.8 Å². The summed E-state index contributed by atoms with van der Waals surface area (Å²) in [6, 6.07) is 19.9. The summed E-state index contributed by atoms with van der Waals surface area (Å²) in [6.45, 7) is -0.0580. The van der Waals surface area contributed by atoms with E-state index in [1.165, 1.54) is 12.1 Å². The Hall–Kier alpha value is -3.40. The smallest absolute Gasteiger partial charge is 0.269 e. The van der Waals surface area contributed by atoms with Crippen molar-refractivity contribution in [3.8, 4) is 0 Å². The van der Waals surface area contributed by atoms with Crippen molar-refractivity contribution in [3.05, 3.63) is 99.5 Å². The maximum absolute atomic E-state index is 14.0. The van der Waals surface area contributed by atoms with Gasteiger partial charge in [0, 0.05) is 32.0 Å². The lowest BCUT2D eigenvalue weighted by Crippen LogP contribution is -2.52. The fourth-order valence-corrected chi connectivity index (χ4v) is 7.83. The SMILES string of the molecule is O=C(NC1CCCCC1)C(Cc1ccccc1)N(Cc1ccc(Cl)c(Cl)c1)C(=O)CCCN1C(=O)c2ccccc2S1(=O)=O. The number of fused-ring (bicyclic) bond motifs is 1. The molecule has 1 fully saturated rings. The minimum atomic E-state index is -3.99. The number of carbonyl (C=O) groups is 3. The van der Waals surface area contributed by atoms with Crippen LogP contribution < -0.4 is 5.32 Å². The lowest BCUT2D eigenvalue weighted by molar-refractivity contribution is -0.141. The summed E-state index contributed by atoms with van der Waals surface area (Å²) in [4.78, 5) is 42.3. The van der Waals surface area contributed by atoms with Gasteiger partial charge in [-0.05, 0) is 54.7 Å². The third-order valence-corrected chi connectivity index (χ3v) is 10.8. The Morgan fingerprint density at radius 3 is 2.32 bits per heavy atom. The quantitative estimate of drug-likeness (QED) is 0.273. The van der Waals surface area contributed by atoms with Gasteiger partial charge in [0.2, 0.25) is 11.8 Å². The maximum Gasteiger partial charge on any atom is 0.269 e. The summed E-state index contributed by atoms with van der Waals surface area (Å²) in [5.41, 5.74) is 1.72. The molecule has 5 rings (SSSR count). The molecule has 1 unspecified atom stereocenters. The largest absolute Gasteiger partial charge is 0.352 e. The summed E-state index contributed by atoms with van der Waals surface area (Å²) < 4.78 is 26.9. The van der Waals surface area contributed by atoms with E-state index in [4.69, 9.17) is 23.2 Å². The minimum Gasteiger partial charge on any atom is -0.352 e. The minimum absolute atomic E-state index is 0.0279. The summed E-state index contributed by atoms with van der Waals surface area (Å²) in [7, 11) is -3.99. The van der Waals surface area contributed by atoms with E-state index in [1.54, 1.807) is 35.2 Å². The van der Waals surface area contributed by atoms with Crippen LogP contribution in [0.1, 0.15) is 66.4 Å². The molecule has 2 aliphatic rings. The highest BCUT2D eigenvalue weighted by molar-refractivity contribution is 7.90. The molecule has 1 heterocycles. The highest BCUT2D eigenvalue weighted by atomic mass is 35.5. The number of rotatable bonds is 11. The van der Waals surface area contributed by atoms with E-state index >= 15 is 0 Å². The van der Waals surface area contributed by atoms with Crippen LogP contribution in [0, 0.1) is 0 Å². The van der Waals surface area contributed by atoms with Crippen LogP contribution >= 0.6 is 23.2 Å². The molecular weight excluding hydrogens is 621 g/mol. The number of benzene rings is 3. The Morgan fingerprint density at radius 2 is 1.61 bits per heavy atom. The van der Waals surface area contributed by atoms with Gasteiger partial charge >= 0.3 is 0 Å². The molecule has 8 nitrogen and oxygen atoms in total. The van der Waals surface area contributed by atoms with Gasteiger partial charge in [0.25, 0.3) is 15.9 Å². The Bertz CT molecular complexity index is 1630. The zero-order valence-corrected chi connectivity index (χ0v) is 26.6. The molecule has 3 aromatic carbocycles. The van der Waals surface area contributed by atoms with E-state index in [2.05, 4.69) is 5.32 Å². The summed E-state index contributed by atoms with van der Waals surface area (Å²) in [5.74, 6) is -1.17. The predicted octanol–water partition coefficient (Wildman–Crippen LogP) is 6.01. The van der Waals surface area contributed by atoms with Crippen LogP contribution in [0.3, 0.4) is 0 Å². The van der Waals surface area contributed by atoms with Crippen molar-refractivity contribution in [2.24, 2.45) is 0 Å². The van der Waals surface area contributed by atoms with E-state index in [0.29, 0.717) is 22.0 Å². The Labute approximate surface area is 268 Å². The average Bonchev–Trinajstić information content (AvgIpc) is 3.22. The Morgan fingerprint density at radius 1 is 0.909 bits per heavy atom. The number of hydrogen-bond acceptors (Lipinski definition) is 5. The van der Waals surface area contributed by atoms with Crippen molar-refractivity contribution in [1.82, 2.24) is 14.5 Å². The summed E-state index contributed by atoms with van der Waals surface area (Å²) in [5, 5.41) is 3.91. The molecule has 3 amide bonds. The monoisotopic (exact) mass is 655 g/mol. The summed E-state index contributed by atoms with van der Waals surface area (Å²) in [6.07, 6.45) is 5.33. The molecule has 11 heteroatoms. The Balaban J connectivity index is 1.39. The lowest BCUT2D eigenvalue weighted by atomic mass is 9.94. The number of amides is 3. The molecular formula is C33H35Cl2N3O5S. The van der Waals surface area contributed by atoms with Gasteiger partial charge < -0.3 is 10.2 Å². The lowest BCUT2D eigenvalue weighted by Gasteiger charge is -2.33. The molecule has 1 aliphatic carbocycles. The normalized spacial score (nSPS) is 16.8.